The highest BCUT2D eigenvalue weighted by atomic mass is 16.2. The van der Waals surface area contributed by atoms with Crippen LogP contribution in [0.3, 0.4) is 0 Å². The van der Waals surface area contributed by atoms with E-state index >= 15 is 0 Å². The van der Waals surface area contributed by atoms with Gasteiger partial charge in [0.1, 0.15) is 0 Å². The molecule has 108 valence electrons. The normalized spacial score (nSPS) is 31.9. The Balaban J connectivity index is 1.96. The largest absolute Gasteiger partial charge is 0.352 e. The van der Waals surface area contributed by atoms with Crippen LogP contribution < -0.4 is 10.6 Å². The maximum absolute atomic E-state index is 12.7. The van der Waals surface area contributed by atoms with Crippen molar-refractivity contribution in [3.8, 4) is 0 Å². The molecule has 0 aromatic heterocycles. The van der Waals surface area contributed by atoms with E-state index in [0.29, 0.717) is 6.54 Å². The van der Waals surface area contributed by atoms with Crippen LogP contribution in [0.4, 0.5) is 0 Å². The maximum Gasteiger partial charge on any atom is 0.242 e. The summed E-state index contributed by atoms with van der Waals surface area (Å²) in [6, 6.07) is 0.113. The zero-order valence-electron chi connectivity index (χ0n) is 12.0. The summed E-state index contributed by atoms with van der Waals surface area (Å²) in [5.74, 6) is 0.184. The summed E-state index contributed by atoms with van der Waals surface area (Å²) >= 11 is 0. The Morgan fingerprint density at radius 1 is 1.32 bits per heavy atom. The second-order valence-electron chi connectivity index (χ2n) is 6.01. The summed E-state index contributed by atoms with van der Waals surface area (Å²) in [6.07, 6.45) is 5.10. The van der Waals surface area contributed by atoms with Crippen molar-refractivity contribution in [1.29, 1.82) is 0 Å². The monoisotopic (exact) mass is 267 g/mol. The summed E-state index contributed by atoms with van der Waals surface area (Å²) in [6.45, 7) is 5.92. The molecule has 0 aromatic carbocycles. The van der Waals surface area contributed by atoms with Gasteiger partial charge in [-0.25, -0.2) is 0 Å². The number of amides is 2. The van der Waals surface area contributed by atoms with Crippen molar-refractivity contribution < 1.29 is 9.59 Å². The van der Waals surface area contributed by atoms with E-state index in [-0.39, 0.29) is 17.9 Å². The topological polar surface area (TPSA) is 61.4 Å². The lowest BCUT2D eigenvalue weighted by atomic mass is 9.88. The highest BCUT2D eigenvalue weighted by Gasteiger charge is 2.38. The molecule has 0 unspecified atom stereocenters. The first-order valence-electron chi connectivity index (χ1n) is 7.33. The predicted octanol–water partition coefficient (Wildman–Crippen LogP) is 0.646. The molecule has 5 heteroatoms. The lowest BCUT2D eigenvalue weighted by molar-refractivity contribution is -0.140. The fourth-order valence-electron chi connectivity index (χ4n) is 3.15. The zero-order valence-corrected chi connectivity index (χ0v) is 12.0. The Morgan fingerprint density at radius 2 is 2.11 bits per heavy atom. The molecule has 2 atom stereocenters. The van der Waals surface area contributed by atoms with Gasteiger partial charge in [-0.3, -0.25) is 9.59 Å². The molecule has 0 saturated carbocycles. The van der Waals surface area contributed by atoms with Gasteiger partial charge in [-0.2, -0.15) is 0 Å². The van der Waals surface area contributed by atoms with Crippen LogP contribution in [0.2, 0.25) is 0 Å². The summed E-state index contributed by atoms with van der Waals surface area (Å²) in [5, 5.41) is 6.30. The molecule has 0 bridgehead atoms. The standard InChI is InChI=1S/C14H25N3O2/c1-11(18)16-12-6-5-9-17(10-12)13(19)14(2)7-3-4-8-15-14/h12,15H,3-10H2,1-2H3,(H,16,18)/t12-,14+/m0/s1. The van der Waals surface area contributed by atoms with E-state index in [9.17, 15) is 9.59 Å². The SMILES string of the molecule is CC(=O)N[C@H]1CCCN(C(=O)[C@@]2(C)CCCCN2)C1. The second kappa shape index (κ2) is 5.90. The first-order chi connectivity index (χ1) is 9.01. The number of piperidine rings is 2. The second-order valence-corrected chi connectivity index (χ2v) is 6.01. The van der Waals surface area contributed by atoms with E-state index in [1.54, 1.807) is 0 Å². The quantitative estimate of drug-likeness (QED) is 0.772. The summed E-state index contributed by atoms with van der Waals surface area (Å²) in [4.78, 5) is 25.7. The number of rotatable bonds is 2. The minimum atomic E-state index is -0.406. The van der Waals surface area contributed by atoms with Crippen LogP contribution in [0.15, 0.2) is 0 Å². The number of hydrogen-bond acceptors (Lipinski definition) is 3. The van der Waals surface area contributed by atoms with Gasteiger partial charge in [0.25, 0.3) is 0 Å². The van der Waals surface area contributed by atoms with Gasteiger partial charge in [-0.1, -0.05) is 0 Å². The molecule has 0 aromatic rings. The van der Waals surface area contributed by atoms with Gasteiger partial charge in [0.2, 0.25) is 11.8 Å². The Bertz CT molecular complexity index is 351. The molecule has 2 saturated heterocycles. The minimum absolute atomic E-state index is 0.0127. The molecule has 0 spiro atoms. The van der Waals surface area contributed by atoms with Gasteiger partial charge < -0.3 is 15.5 Å². The predicted molar refractivity (Wildman–Crippen MR) is 73.7 cm³/mol. The van der Waals surface area contributed by atoms with E-state index in [1.165, 1.54) is 6.92 Å². The first-order valence-corrected chi connectivity index (χ1v) is 7.33. The molecule has 2 N–H and O–H groups in total. The molecule has 2 aliphatic rings. The number of nitrogens with one attached hydrogen (secondary N) is 2. The summed E-state index contributed by atoms with van der Waals surface area (Å²) in [7, 11) is 0. The molecular weight excluding hydrogens is 242 g/mol. The molecule has 2 fully saturated rings. The van der Waals surface area contributed by atoms with Crippen LogP contribution >= 0.6 is 0 Å². The molecule has 19 heavy (non-hydrogen) atoms. The molecule has 0 aliphatic carbocycles. The number of hydrogen-bond donors (Lipinski definition) is 2. The van der Waals surface area contributed by atoms with E-state index in [0.717, 1.165) is 45.2 Å². The average Bonchev–Trinajstić information content (AvgIpc) is 2.38. The van der Waals surface area contributed by atoms with E-state index in [1.807, 2.05) is 11.8 Å². The van der Waals surface area contributed by atoms with Crippen molar-refractivity contribution in [2.75, 3.05) is 19.6 Å². The van der Waals surface area contributed by atoms with Crippen LogP contribution in [-0.4, -0.2) is 47.9 Å². The lowest BCUT2D eigenvalue weighted by Crippen LogP contribution is -2.61. The third kappa shape index (κ3) is 3.47. The van der Waals surface area contributed by atoms with E-state index < -0.39 is 5.54 Å². The summed E-state index contributed by atoms with van der Waals surface area (Å²) < 4.78 is 0. The third-order valence-corrected chi connectivity index (χ3v) is 4.21. The number of nitrogens with zero attached hydrogens (tertiary/aromatic N) is 1. The Labute approximate surface area is 115 Å². The molecule has 0 radical (unpaired) electrons. The van der Waals surface area contributed by atoms with Crippen molar-refractivity contribution >= 4 is 11.8 Å². The number of carbonyl (C=O) groups is 2. The van der Waals surface area contributed by atoms with Gasteiger partial charge in [0, 0.05) is 26.1 Å². The minimum Gasteiger partial charge on any atom is -0.352 e. The molecule has 2 aliphatic heterocycles. The van der Waals surface area contributed by atoms with Crippen molar-refractivity contribution in [2.24, 2.45) is 0 Å². The van der Waals surface area contributed by atoms with Gasteiger partial charge in [0.15, 0.2) is 0 Å². The van der Waals surface area contributed by atoms with Crippen LogP contribution in [0, 0.1) is 0 Å². The number of likely N-dealkylation sites (tertiary alicyclic amines) is 1. The van der Waals surface area contributed by atoms with Crippen molar-refractivity contribution in [3.05, 3.63) is 0 Å². The zero-order chi connectivity index (χ0) is 13.9. The van der Waals surface area contributed by atoms with Crippen molar-refractivity contribution in [3.63, 3.8) is 0 Å². The van der Waals surface area contributed by atoms with Crippen LogP contribution in [0.25, 0.3) is 0 Å². The van der Waals surface area contributed by atoms with Crippen molar-refractivity contribution in [2.45, 2.75) is 57.5 Å². The van der Waals surface area contributed by atoms with Gasteiger partial charge in [-0.15, -0.1) is 0 Å². The molecule has 5 nitrogen and oxygen atoms in total. The highest BCUT2D eigenvalue weighted by Crippen LogP contribution is 2.23. The molecule has 2 rings (SSSR count). The first kappa shape index (κ1) is 14.3. The van der Waals surface area contributed by atoms with E-state index in [4.69, 9.17) is 0 Å². The smallest absolute Gasteiger partial charge is 0.242 e. The Hall–Kier alpha value is -1.10. The van der Waals surface area contributed by atoms with Crippen LogP contribution in [0.1, 0.15) is 46.0 Å². The number of carbonyl (C=O) groups excluding carboxylic acids is 2. The third-order valence-electron chi connectivity index (χ3n) is 4.21. The van der Waals surface area contributed by atoms with E-state index in [2.05, 4.69) is 10.6 Å². The van der Waals surface area contributed by atoms with Crippen molar-refractivity contribution in [1.82, 2.24) is 15.5 Å². The highest BCUT2D eigenvalue weighted by molar-refractivity contribution is 5.86. The summed E-state index contributed by atoms with van der Waals surface area (Å²) in [5.41, 5.74) is -0.406. The van der Waals surface area contributed by atoms with Gasteiger partial charge in [0.05, 0.1) is 5.54 Å². The van der Waals surface area contributed by atoms with Gasteiger partial charge in [-0.05, 0) is 45.6 Å². The average molecular weight is 267 g/mol. The lowest BCUT2D eigenvalue weighted by Gasteiger charge is -2.41. The van der Waals surface area contributed by atoms with Crippen LogP contribution in [-0.2, 0) is 9.59 Å². The Morgan fingerprint density at radius 3 is 2.74 bits per heavy atom. The molecule has 2 amide bonds. The molecular formula is C14H25N3O2. The fraction of sp³-hybridized carbons (Fsp3) is 0.857. The van der Waals surface area contributed by atoms with Gasteiger partial charge >= 0.3 is 0 Å². The Kier molecular flexibility index (Phi) is 4.45. The maximum atomic E-state index is 12.7. The molecule has 2 heterocycles. The van der Waals surface area contributed by atoms with Crippen LogP contribution in [0.5, 0.6) is 0 Å². The fourth-order valence-corrected chi connectivity index (χ4v) is 3.15.